The maximum absolute atomic E-state index is 12.1. The van der Waals surface area contributed by atoms with E-state index in [-0.39, 0.29) is 0 Å². The lowest BCUT2D eigenvalue weighted by Crippen LogP contribution is -2.18. The van der Waals surface area contributed by atoms with Gasteiger partial charge >= 0.3 is 6.18 Å². The molecule has 4 heteroatoms. The van der Waals surface area contributed by atoms with Crippen molar-refractivity contribution in [2.45, 2.75) is 20.0 Å². The normalized spacial score (nSPS) is 13.1. The maximum Gasteiger partial charge on any atom is 0.429 e. The Morgan fingerprint density at radius 3 is 2.07 bits per heavy atom. The molecule has 1 nitrogen and oxygen atoms in total. The Morgan fingerprint density at radius 2 is 1.64 bits per heavy atom. The van der Waals surface area contributed by atoms with E-state index in [1.807, 2.05) is 6.92 Å². The van der Waals surface area contributed by atoms with Crippen molar-refractivity contribution in [2.75, 3.05) is 0 Å². The summed E-state index contributed by atoms with van der Waals surface area (Å²) in [5, 5.41) is 0. The number of hydrogen-bond acceptors (Lipinski definition) is 1. The smallest absolute Gasteiger partial charge is 0.249 e. The topological polar surface area (TPSA) is 12.4 Å². The van der Waals surface area contributed by atoms with Gasteiger partial charge in [0.1, 0.15) is 5.71 Å². The average Bonchev–Trinajstić information content (AvgIpc) is 2.07. The van der Waals surface area contributed by atoms with Crippen LogP contribution in [0.5, 0.6) is 0 Å². The summed E-state index contributed by atoms with van der Waals surface area (Å²) < 4.78 is 36.2. The van der Waals surface area contributed by atoms with Gasteiger partial charge in [-0.15, -0.1) is 0 Å². The van der Waals surface area contributed by atoms with E-state index in [1.165, 1.54) is 0 Å². The van der Waals surface area contributed by atoms with Gasteiger partial charge in [0.05, 0.1) is 5.69 Å². The average molecular weight is 201 g/mol. The van der Waals surface area contributed by atoms with Gasteiger partial charge in [-0.05, 0) is 26.0 Å². The van der Waals surface area contributed by atoms with E-state index < -0.39 is 11.9 Å². The van der Waals surface area contributed by atoms with Crippen molar-refractivity contribution in [3.8, 4) is 0 Å². The predicted octanol–water partition coefficient (Wildman–Crippen LogP) is 3.65. The van der Waals surface area contributed by atoms with Crippen LogP contribution in [-0.4, -0.2) is 11.9 Å². The van der Waals surface area contributed by atoms with Crippen molar-refractivity contribution >= 4 is 11.4 Å². The number of rotatable bonds is 1. The predicted molar refractivity (Wildman–Crippen MR) is 50.0 cm³/mol. The first kappa shape index (κ1) is 10.8. The molecule has 0 saturated carbocycles. The summed E-state index contributed by atoms with van der Waals surface area (Å²) in [7, 11) is 0. The van der Waals surface area contributed by atoms with Crippen LogP contribution in [0.2, 0.25) is 0 Å². The zero-order valence-electron chi connectivity index (χ0n) is 7.89. The summed E-state index contributed by atoms with van der Waals surface area (Å²) >= 11 is 0. The molecule has 14 heavy (non-hydrogen) atoms. The van der Waals surface area contributed by atoms with E-state index in [0.29, 0.717) is 5.69 Å². The van der Waals surface area contributed by atoms with Gasteiger partial charge in [-0.2, -0.15) is 13.2 Å². The van der Waals surface area contributed by atoms with Gasteiger partial charge in [0.2, 0.25) is 0 Å². The van der Waals surface area contributed by atoms with E-state index in [4.69, 9.17) is 0 Å². The molecule has 1 rings (SSSR count). The monoisotopic (exact) mass is 201 g/mol. The quantitative estimate of drug-likeness (QED) is 0.615. The molecule has 1 aromatic carbocycles. The lowest BCUT2D eigenvalue weighted by Gasteiger charge is -2.04. The van der Waals surface area contributed by atoms with Crippen LogP contribution in [0.4, 0.5) is 18.9 Å². The molecule has 0 aromatic heterocycles. The Morgan fingerprint density at radius 1 is 1.14 bits per heavy atom. The minimum absolute atomic E-state index is 0.324. The van der Waals surface area contributed by atoms with Crippen molar-refractivity contribution in [2.24, 2.45) is 4.99 Å². The minimum Gasteiger partial charge on any atom is -0.249 e. The molecule has 0 atom stereocenters. The fraction of sp³-hybridized carbons (Fsp3) is 0.300. The van der Waals surface area contributed by atoms with Crippen molar-refractivity contribution in [3.05, 3.63) is 29.8 Å². The second-order valence-electron chi connectivity index (χ2n) is 3.03. The van der Waals surface area contributed by atoms with Crippen molar-refractivity contribution in [3.63, 3.8) is 0 Å². The maximum atomic E-state index is 12.1. The summed E-state index contributed by atoms with van der Waals surface area (Å²) in [5.74, 6) is 0. The number of halogens is 3. The summed E-state index contributed by atoms with van der Waals surface area (Å²) in [6.45, 7) is 2.82. The molecule has 0 bridgehead atoms. The van der Waals surface area contributed by atoms with Crippen LogP contribution in [-0.2, 0) is 0 Å². The second-order valence-corrected chi connectivity index (χ2v) is 3.03. The highest BCUT2D eigenvalue weighted by molar-refractivity contribution is 5.89. The minimum atomic E-state index is -4.34. The number of nitrogens with zero attached hydrogens (tertiary/aromatic N) is 1. The molecule has 0 N–H and O–H groups in total. The highest BCUT2D eigenvalue weighted by atomic mass is 19.4. The lowest BCUT2D eigenvalue weighted by molar-refractivity contribution is -0.0591. The molecule has 0 saturated heterocycles. The van der Waals surface area contributed by atoms with Gasteiger partial charge in [-0.25, -0.2) is 4.99 Å². The third-order valence-corrected chi connectivity index (χ3v) is 1.74. The Bertz CT molecular complexity index is 335. The molecule has 0 radical (unpaired) electrons. The molecule has 0 spiro atoms. The first-order valence-electron chi connectivity index (χ1n) is 4.09. The lowest BCUT2D eigenvalue weighted by atomic mass is 10.2. The van der Waals surface area contributed by atoms with Crippen LogP contribution in [0, 0.1) is 6.92 Å². The van der Waals surface area contributed by atoms with E-state index in [9.17, 15) is 13.2 Å². The Labute approximate surface area is 80.3 Å². The first-order chi connectivity index (χ1) is 6.39. The van der Waals surface area contributed by atoms with Gasteiger partial charge in [-0.1, -0.05) is 17.7 Å². The van der Waals surface area contributed by atoms with Crippen LogP contribution >= 0.6 is 0 Å². The Balaban J connectivity index is 2.93. The zero-order chi connectivity index (χ0) is 10.8. The molecule has 0 fully saturated rings. The summed E-state index contributed by atoms with van der Waals surface area (Å²) in [5.41, 5.74) is 0.486. The van der Waals surface area contributed by atoms with Crippen LogP contribution in [0.1, 0.15) is 12.5 Å². The third-order valence-electron chi connectivity index (χ3n) is 1.74. The fourth-order valence-corrected chi connectivity index (χ4v) is 0.876. The van der Waals surface area contributed by atoms with Crippen LogP contribution in [0.15, 0.2) is 29.3 Å². The van der Waals surface area contributed by atoms with E-state index in [2.05, 4.69) is 4.99 Å². The van der Waals surface area contributed by atoms with E-state index in [1.54, 1.807) is 24.3 Å². The van der Waals surface area contributed by atoms with Crippen LogP contribution < -0.4 is 0 Å². The number of alkyl halides is 3. The summed E-state index contributed by atoms with van der Waals surface area (Å²) in [6.07, 6.45) is -4.34. The molecule has 1 aromatic rings. The van der Waals surface area contributed by atoms with E-state index >= 15 is 0 Å². The molecular weight excluding hydrogens is 191 g/mol. The number of aliphatic imine (C=N–C) groups is 1. The molecule has 0 aliphatic rings. The van der Waals surface area contributed by atoms with Crippen molar-refractivity contribution in [1.82, 2.24) is 0 Å². The fourth-order valence-electron chi connectivity index (χ4n) is 0.876. The van der Waals surface area contributed by atoms with Crippen LogP contribution in [0.3, 0.4) is 0 Å². The summed E-state index contributed by atoms with van der Waals surface area (Å²) in [4.78, 5) is 3.46. The van der Waals surface area contributed by atoms with Gasteiger partial charge in [0.25, 0.3) is 0 Å². The molecule has 76 valence electrons. The van der Waals surface area contributed by atoms with Gasteiger partial charge < -0.3 is 0 Å². The van der Waals surface area contributed by atoms with E-state index in [0.717, 1.165) is 12.5 Å². The molecule has 0 aliphatic heterocycles. The van der Waals surface area contributed by atoms with Crippen molar-refractivity contribution in [1.29, 1.82) is 0 Å². The second kappa shape index (κ2) is 3.82. The molecule has 0 amide bonds. The molecule has 0 aliphatic carbocycles. The number of aryl methyl sites for hydroxylation is 1. The Kier molecular flexibility index (Phi) is 2.93. The molecule has 0 unspecified atom stereocenters. The highest BCUT2D eigenvalue weighted by Gasteiger charge is 2.31. The van der Waals surface area contributed by atoms with Crippen molar-refractivity contribution < 1.29 is 13.2 Å². The Hall–Kier alpha value is -1.32. The summed E-state index contributed by atoms with van der Waals surface area (Å²) in [6, 6.07) is 6.57. The molecular formula is C10H10F3N. The molecule has 0 heterocycles. The highest BCUT2D eigenvalue weighted by Crippen LogP contribution is 2.21. The van der Waals surface area contributed by atoms with Gasteiger partial charge in [-0.3, -0.25) is 0 Å². The SMILES string of the molecule is CC(=Nc1ccc(C)cc1)C(F)(F)F. The van der Waals surface area contributed by atoms with Gasteiger partial charge in [0.15, 0.2) is 0 Å². The van der Waals surface area contributed by atoms with Gasteiger partial charge in [0, 0.05) is 0 Å². The first-order valence-corrected chi connectivity index (χ1v) is 4.09. The number of benzene rings is 1. The zero-order valence-corrected chi connectivity index (χ0v) is 7.89. The third kappa shape index (κ3) is 2.87. The standard InChI is InChI=1S/C10H10F3N/c1-7-3-5-9(6-4-7)14-8(2)10(11,12)13/h3-6H,1-2H3. The van der Waals surface area contributed by atoms with Crippen LogP contribution in [0.25, 0.3) is 0 Å². The number of hydrogen-bond donors (Lipinski definition) is 0. The largest absolute Gasteiger partial charge is 0.429 e.